The van der Waals surface area contributed by atoms with Crippen LogP contribution in [0.3, 0.4) is 0 Å². The Balaban J connectivity index is 1.88. The number of anilines is 1. The second-order valence-corrected chi connectivity index (χ2v) is 4.60. The Bertz CT molecular complexity index is 508. The van der Waals surface area contributed by atoms with Crippen LogP contribution in [0.15, 0.2) is 24.3 Å². The molecule has 1 amide bonds. The third kappa shape index (κ3) is 1.54. The number of nitrogens with zero attached hydrogens (tertiary/aromatic N) is 2. The van der Waals surface area contributed by atoms with Gasteiger partial charge in [-0.05, 0) is 6.07 Å². The molecule has 2 aliphatic rings. The van der Waals surface area contributed by atoms with Crippen LogP contribution in [0, 0.1) is 11.5 Å². The van der Waals surface area contributed by atoms with Gasteiger partial charge in [-0.1, -0.05) is 18.2 Å². The van der Waals surface area contributed by atoms with Crippen LogP contribution in [0.2, 0.25) is 0 Å². The van der Waals surface area contributed by atoms with Gasteiger partial charge in [0, 0.05) is 24.2 Å². The maximum absolute atomic E-state index is 12.2. The number of para-hydroxylation sites is 1. The summed E-state index contributed by atoms with van der Waals surface area (Å²) < 4.78 is 5.82. The van der Waals surface area contributed by atoms with Gasteiger partial charge in [-0.2, -0.15) is 5.26 Å². The molecule has 0 bridgehead atoms. The van der Waals surface area contributed by atoms with Gasteiger partial charge in [0.1, 0.15) is 0 Å². The average molecular weight is 243 g/mol. The second-order valence-electron chi connectivity index (χ2n) is 4.60. The SMILES string of the molecule is N#CN1CCC2(CNc3ccccc3CO2)C1=O. The zero-order chi connectivity index (χ0) is 12.6. The summed E-state index contributed by atoms with van der Waals surface area (Å²) in [7, 11) is 0. The summed E-state index contributed by atoms with van der Waals surface area (Å²) in [6.07, 6.45) is 2.46. The number of benzene rings is 1. The molecule has 92 valence electrons. The number of nitrogens with one attached hydrogen (secondary N) is 1. The van der Waals surface area contributed by atoms with Crippen molar-refractivity contribution in [3.05, 3.63) is 29.8 Å². The monoisotopic (exact) mass is 243 g/mol. The van der Waals surface area contributed by atoms with Gasteiger partial charge in [-0.25, -0.2) is 4.90 Å². The lowest BCUT2D eigenvalue weighted by Crippen LogP contribution is -2.45. The van der Waals surface area contributed by atoms with E-state index in [1.165, 1.54) is 4.90 Å². The zero-order valence-corrected chi connectivity index (χ0v) is 9.85. The Morgan fingerprint density at radius 3 is 3.06 bits per heavy atom. The lowest BCUT2D eigenvalue weighted by molar-refractivity contribution is -0.146. The molecule has 1 saturated heterocycles. The molecule has 5 nitrogen and oxygen atoms in total. The van der Waals surface area contributed by atoms with Crippen molar-refractivity contribution >= 4 is 11.6 Å². The van der Waals surface area contributed by atoms with Crippen LogP contribution in [-0.4, -0.2) is 29.5 Å². The van der Waals surface area contributed by atoms with Crippen molar-refractivity contribution in [2.45, 2.75) is 18.6 Å². The van der Waals surface area contributed by atoms with Crippen molar-refractivity contribution in [3.63, 3.8) is 0 Å². The number of likely N-dealkylation sites (tertiary alicyclic amines) is 1. The Labute approximate surface area is 105 Å². The topological polar surface area (TPSA) is 65.4 Å². The van der Waals surface area contributed by atoms with Crippen molar-refractivity contribution < 1.29 is 9.53 Å². The van der Waals surface area contributed by atoms with Crippen LogP contribution >= 0.6 is 0 Å². The molecule has 0 saturated carbocycles. The first-order chi connectivity index (χ1) is 8.75. The molecule has 1 aromatic carbocycles. The Hall–Kier alpha value is -2.06. The van der Waals surface area contributed by atoms with Crippen molar-refractivity contribution in [1.82, 2.24) is 4.90 Å². The van der Waals surface area contributed by atoms with E-state index in [9.17, 15) is 4.79 Å². The summed E-state index contributed by atoms with van der Waals surface area (Å²) >= 11 is 0. The molecule has 2 heterocycles. The van der Waals surface area contributed by atoms with E-state index in [4.69, 9.17) is 10.00 Å². The minimum absolute atomic E-state index is 0.231. The normalized spacial score (nSPS) is 26.4. The third-order valence-electron chi connectivity index (χ3n) is 3.58. The van der Waals surface area contributed by atoms with Gasteiger partial charge in [0.2, 0.25) is 0 Å². The molecule has 0 aliphatic carbocycles. The molecule has 1 N–H and O–H groups in total. The highest BCUT2D eigenvalue weighted by Gasteiger charge is 2.49. The fourth-order valence-corrected chi connectivity index (χ4v) is 2.46. The van der Waals surface area contributed by atoms with Crippen LogP contribution in [-0.2, 0) is 16.1 Å². The number of rotatable bonds is 0. The van der Waals surface area contributed by atoms with E-state index >= 15 is 0 Å². The fraction of sp³-hybridized carbons (Fsp3) is 0.385. The van der Waals surface area contributed by atoms with Crippen LogP contribution in [0.25, 0.3) is 0 Å². The van der Waals surface area contributed by atoms with E-state index in [1.54, 1.807) is 0 Å². The van der Waals surface area contributed by atoms with E-state index in [-0.39, 0.29) is 5.91 Å². The van der Waals surface area contributed by atoms with Gasteiger partial charge >= 0.3 is 0 Å². The van der Waals surface area contributed by atoms with E-state index in [2.05, 4.69) is 5.32 Å². The third-order valence-corrected chi connectivity index (χ3v) is 3.58. The van der Waals surface area contributed by atoms with Crippen LogP contribution in [0.1, 0.15) is 12.0 Å². The van der Waals surface area contributed by atoms with Crippen molar-refractivity contribution in [3.8, 4) is 6.19 Å². The maximum Gasteiger partial charge on any atom is 0.269 e. The molecular formula is C13H13N3O2. The Kier molecular flexibility index (Phi) is 2.46. The number of carbonyl (C=O) groups is 1. The quantitative estimate of drug-likeness (QED) is 0.692. The fourth-order valence-electron chi connectivity index (χ4n) is 2.46. The standard InChI is InChI=1S/C13H13N3O2/c14-9-16-6-5-13(12(16)17)8-15-11-4-2-1-3-10(11)7-18-13/h1-4,15H,5-8H2. The minimum atomic E-state index is -0.880. The van der Waals surface area contributed by atoms with Crippen molar-refractivity contribution in [2.24, 2.45) is 0 Å². The second kappa shape index (κ2) is 4.00. The smallest absolute Gasteiger partial charge is 0.269 e. The van der Waals surface area contributed by atoms with Gasteiger partial charge < -0.3 is 10.1 Å². The molecule has 1 atom stereocenters. The van der Waals surface area contributed by atoms with Crippen molar-refractivity contribution in [2.75, 3.05) is 18.4 Å². The highest BCUT2D eigenvalue weighted by molar-refractivity contribution is 5.89. The molecule has 5 heteroatoms. The lowest BCUT2D eigenvalue weighted by Gasteiger charge is -2.24. The number of nitriles is 1. The number of hydrogen-bond donors (Lipinski definition) is 1. The number of hydrogen-bond acceptors (Lipinski definition) is 4. The first-order valence-corrected chi connectivity index (χ1v) is 5.93. The molecule has 0 aromatic heterocycles. The molecule has 18 heavy (non-hydrogen) atoms. The summed E-state index contributed by atoms with van der Waals surface area (Å²) in [5, 5.41) is 12.1. The summed E-state index contributed by atoms with van der Waals surface area (Å²) in [6.45, 7) is 1.25. The number of ether oxygens (including phenoxy) is 1. The van der Waals surface area contributed by atoms with E-state index < -0.39 is 5.60 Å². The molecule has 0 radical (unpaired) electrons. The van der Waals surface area contributed by atoms with Crippen LogP contribution in [0.5, 0.6) is 0 Å². The van der Waals surface area contributed by atoms with E-state index in [0.717, 1.165) is 11.3 Å². The summed E-state index contributed by atoms with van der Waals surface area (Å²) in [5.74, 6) is -0.231. The zero-order valence-electron chi connectivity index (χ0n) is 9.85. The average Bonchev–Trinajstić information content (AvgIpc) is 2.60. The highest BCUT2D eigenvalue weighted by Crippen LogP contribution is 2.32. The molecule has 3 rings (SSSR count). The highest BCUT2D eigenvalue weighted by atomic mass is 16.5. The number of fused-ring (bicyclic) bond motifs is 1. The first kappa shape index (κ1) is 11.1. The molecule has 1 spiro atoms. The predicted molar refractivity (Wildman–Crippen MR) is 64.4 cm³/mol. The van der Waals surface area contributed by atoms with Crippen LogP contribution in [0.4, 0.5) is 5.69 Å². The molecule has 1 unspecified atom stereocenters. The largest absolute Gasteiger partial charge is 0.381 e. The first-order valence-electron chi connectivity index (χ1n) is 5.93. The molecule has 1 aromatic rings. The van der Waals surface area contributed by atoms with Gasteiger partial charge in [0.05, 0.1) is 13.2 Å². The Morgan fingerprint density at radius 2 is 2.28 bits per heavy atom. The summed E-state index contributed by atoms with van der Waals surface area (Å²) in [6, 6.07) is 7.84. The molecular weight excluding hydrogens is 230 g/mol. The van der Waals surface area contributed by atoms with Crippen molar-refractivity contribution in [1.29, 1.82) is 5.26 Å². The van der Waals surface area contributed by atoms with Gasteiger partial charge in [-0.3, -0.25) is 4.79 Å². The molecule has 2 aliphatic heterocycles. The minimum Gasteiger partial charge on any atom is -0.381 e. The van der Waals surface area contributed by atoms with Gasteiger partial charge in [0.25, 0.3) is 5.91 Å². The van der Waals surface area contributed by atoms with Gasteiger partial charge in [0.15, 0.2) is 11.8 Å². The molecule has 1 fully saturated rings. The maximum atomic E-state index is 12.2. The van der Waals surface area contributed by atoms with E-state index in [0.29, 0.717) is 26.1 Å². The lowest BCUT2D eigenvalue weighted by atomic mass is 10.0. The predicted octanol–water partition coefficient (Wildman–Crippen LogP) is 1.08. The van der Waals surface area contributed by atoms with Gasteiger partial charge in [-0.15, -0.1) is 0 Å². The Morgan fingerprint density at radius 1 is 1.44 bits per heavy atom. The van der Waals surface area contributed by atoms with Crippen LogP contribution < -0.4 is 5.32 Å². The summed E-state index contributed by atoms with van der Waals surface area (Å²) in [4.78, 5) is 13.3. The van der Waals surface area contributed by atoms with E-state index in [1.807, 2.05) is 30.5 Å². The summed E-state index contributed by atoms with van der Waals surface area (Å²) in [5.41, 5.74) is 1.16. The number of carbonyl (C=O) groups excluding carboxylic acids is 1. The number of amides is 1.